The first-order valence-corrected chi connectivity index (χ1v) is 12.2. The molecule has 0 saturated carbocycles. The smallest absolute Gasteiger partial charge is 0.241 e. The van der Waals surface area contributed by atoms with Crippen LogP contribution in [0.2, 0.25) is 0 Å². The molecule has 0 spiro atoms. The molecule has 0 atom stereocenters. The molecule has 1 amide bonds. The highest BCUT2D eigenvalue weighted by atomic mass is 32.1. The van der Waals surface area contributed by atoms with Crippen LogP contribution in [0.25, 0.3) is 20.6 Å². The number of hydrogen-bond donors (Lipinski definition) is 0. The molecule has 1 aliphatic heterocycles. The van der Waals surface area contributed by atoms with Crippen molar-refractivity contribution < 1.29 is 9.32 Å². The van der Waals surface area contributed by atoms with Crippen LogP contribution in [-0.4, -0.2) is 57.0 Å². The van der Waals surface area contributed by atoms with Gasteiger partial charge in [-0.25, -0.2) is 4.98 Å². The SMILES string of the molecule is O=C(Cc1csc(-c2cccs2)n1)N1CCN(Cc2nc(-c3cccs3)no2)CC1. The first-order valence-electron chi connectivity index (χ1n) is 9.59. The van der Waals surface area contributed by atoms with Crippen LogP contribution in [0.15, 0.2) is 44.9 Å². The van der Waals surface area contributed by atoms with Crippen molar-refractivity contribution in [2.24, 2.45) is 0 Å². The van der Waals surface area contributed by atoms with Crippen LogP contribution >= 0.6 is 34.0 Å². The van der Waals surface area contributed by atoms with Gasteiger partial charge in [0.15, 0.2) is 0 Å². The van der Waals surface area contributed by atoms with E-state index in [0.29, 0.717) is 37.8 Å². The lowest BCUT2D eigenvalue weighted by Crippen LogP contribution is -2.48. The maximum absolute atomic E-state index is 12.7. The minimum absolute atomic E-state index is 0.135. The Morgan fingerprint density at radius 2 is 1.77 bits per heavy atom. The molecule has 10 heteroatoms. The number of nitrogens with zero attached hydrogens (tertiary/aromatic N) is 5. The highest BCUT2D eigenvalue weighted by Gasteiger charge is 2.23. The fourth-order valence-corrected chi connectivity index (χ4v) is 5.62. The molecule has 0 aromatic carbocycles. The van der Waals surface area contributed by atoms with Gasteiger partial charge in [0.25, 0.3) is 0 Å². The van der Waals surface area contributed by atoms with Crippen molar-refractivity contribution in [3.8, 4) is 20.6 Å². The van der Waals surface area contributed by atoms with Gasteiger partial charge in [0.2, 0.25) is 17.6 Å². The molecule has 0 aliphatic carbocycles. The van der Waals surface area contributed by atoms with Crippen LogP contribution in [0.3, 0.4) is 0 Å². The zero-order valence-corrected chi connectivity index (χ0v) is 18.5. The van der Waals surface area contributed by atoms with Crippen molar-refractivity contribution in [3.63, 3.8) is 0 Å². The molecule has 7 nitrogen and oxygen atoms in total. The van der Waals surface area contributed by atoms with Gasteiger partial charge in [-0.15, -0.1) is 34.0 Å². The predicted octanol–water partition coefficient (Wildman–Crippen LogP) is 3.87. The summed E-state index contributed by atoms with van der Waals surface area (Å²) in [6.45, 7) is 3.59. The third-order valence-electron chi connectivity index (χ3n) is 4.91. The number of rotatable bonds is 6. The summed E-state index contributed by atoms with van der Waals surface area (Å²) in [6.07, 6.45) is 0.357. The van der Waals surface area contributed by atoms with Gasteiger partial charge >= 0.3 is 0 Å². The average Bonchev–Trinajstić information content (AvgIpc) is 3.55. The lowest BCUT2D eigenvalue weighted by molar-refractivity contribution is -0.132. The lowest BCUT2D eigenvalue weighted by atomic mass is 10.2. The number of thiazole rings is 1. The van der Waals surface area contributed by atoms with Crippen molar-refractivity contribution in [3.05, 3.63) is 52.0 Å². The number of hydrogen-bond acceptors (Lipinski definition) is 9. The predicted molar refractivity (Wildman–Crippen MR) is 119 cm³/mol. The van der Waals surface area contributed by atoms with E-state index in [9.17, 15) is 4.79 Å². The fraction of sp³-hybridized carbons (Fsp3) is 0.300. The molecule has 0 radical (unpaired) electrons. The first kappa shape index (κ1) is 19.6. The molecular formula is C20H19N5O2S3. The van der Waals surface area contributed by atoms with Gasteiger partial charge in [-0.2, -0.15) is 4.98 Å². The highest BCUT2D eigenvalue weighted by molar-refractivity contribution is 7.20. The van der Waals surface area contributed by atoms with E-state index in [-0.39, 0.29) is 5.91 Å². The molecule has 30 heavy (non-hydrogen) atoms. The van der Waals surface area contributed by atoms with E-state index in [1.807, 2.05) is 39.2 Å². The molecule has 0 N–H and O–H groups in total. The fourth-order valence-electron chi connectivity index (χ4n) is 3.34. The first-order chi connectivity index (χ1) is 14.7. The van der Waals surface area contributed by atoms with Gasteiger partial charge in [0, 0.05) is 31.6 Å². The van der Waals surface area contributed by atoms with E-state index < -0.39 is 0 Å². The van der Waals surface area contributed by atoms with Crippen molar-refractivity contribution in [1.29, 1.82) is 0 Å². The molecule has 1 fully saturated rings. The number of thiophene rings is 2. The van der Waals surface area contributed by atoms with E-state index >= 15 is 0 Å². The van der Waals surface area contributed by atoms with Crippen LogP contribution in [0.1, 0.15) is 11.6 Å². The largest absolute Gasteiger partial charge is 0.340 e. The number of amides is 1. The second-order valence-corrected chi connectivity index (χ2v) is 9.70. The summed E-state index contributed by atoms with van der Waals surface area (Å²) in [6, 6.07) is 8.03. The Hall–Kier alpha value is -2.40. The van der Waals surface area contributed by atoms with Crippen molar-refractivity contribution in [2.75, 3.05) is 26.2 Å². The van der Waals surface area contributed by atoms with Crippen molar-refractivity contribution in [1.82, 2.24) is 24.9 Å². The zero-order chi connectivity index (χ0) is 20.3. The average molecular weight is 458 g/mol. The topological polar surface area (TPSA) is 75.4 Å². The minimum atomic E-state index is 0.135. The van der Waals surface area contributed by atoms with Gasteiger partial charge in [0.05, 0.1) is 28.4 Å². The minimum Gasteiger partial charge on any atom is -0.340 e. The van der Waals surface area contributed by atoms with E-state index in [1.165, 1.54) is 0 Å². The summed E-state index contributed by atoms with van der Waals surface area (Å²) in [5.41, 5.74) is 0.850. The molecule has 0 unspecified atom stereocenters. The summed E-state index contributed by atoms with van der Waals surface area (Å²) >= 11 is 4.86. The third-order valence-corrected chi connectivity index (χ3v) is 7.71. The molecule has 154 valence electrons. The summed E-state index contributed by atoms with van der Waals surface area (Å²) in [5, 5.41) is 11.1. The Morgan fingerprint density at radius 1 is 1.00 bits per heavy atom. The normalized spacial score (nSPS) is 15.0. The Kier molecular flexibility index (Phi) is 5.71. The van der Waals surface area contributed by atoms with Crippen molar-refractivity contribution >= 4 is 39.9 Å². The van der Waals surface area contributed by atoms with Crippen molar-refractivity contribution in [2.45, 2.75) is 13.0 Å². The molecule has 1 saturated heterocycles. The quantitative estimate of drug-likeness (QED) is 0.438. The Labute approximate surface area is 185 Å². The van der Waals surface area contributed by atoms with Crippen LogP contribution in [0.5, 0.6) is 0 Å². The maximum atomic E-state index is 12.7. The summed E-state index contributed by atoms with van der Waals surface area (Å²) in [4.78, 5) is 28.1. The Morgan fingerprint density at radius 3 is 2.50 bits per heavy atom. The zero-order valence-electron chi connectivity index (χ0n) is 16.1. The highest BCUT2D eigenvalue weighted by Crippen LogP contribution is 2.28. The van der Waals surface area contributed by atoms with Gasteiger partial charge in [-0.05, 0) is 22.9 Å². The molecule has 0 bridgehead atoms. The summed E-state index contributed by atoms with van der Waals surface area (Å²) in [5.74, 6) is 1.39. The standard InChI is InChI=1S/C20H19N5O2S3/c26-18(11-14-13-30-20(21-14)16-4-2-10-29-16)25-7-5-24(6-8-25)12-17-22-19(23-27-17)15-3-1-9-28-15/h1-4,9-10,13H,5-8,11-12H2. The number of piperazine rings is 1. The maximum Gasteiger partial charge on any atom is 0.241 e. The Bertz CT molecular complexity index is 1100. The van der Waals surface area contributed by atoms with Crippen LogP contribution in [0, 0.1) is 0 Å². The van der Waals surface area contributed by atoms with E-state index in [0.717, 1.165) is 33.5 Å². The van der Waals surface area contributed by atoms with Gasteiger partial charge < -0.3 is 9.42 Å². The molecule has 4 aromatic heterocycles. The second-order valence-electron chi connectivity index (χ2n) is 6.94. The van der Waals surface area contributed by atoms with E-state index in [2.05, 4.69) is 26.1 Å². The van der Waals surface area contributed by atoms with Crippen LogP contribution in [0.4, 0.5) is 0 Å². The monoisotopic (exact) mass is 457 g/mol. The lowest BCUT2D eigenvalue weighted by Gasteiger charge is -2.33. The van der Waals surface area contributed by atoms with Crippen LogP contribution < -0.4 is 0 Å². The third kappa shape index (κ3) is 4.36. The van der Waals surface area contributed by atoms with Gasteiger partial charge in [0.1, 0.15) is 5.01 Å². The summed E-state index contributed by atoms with van der Waals surface area (Å²) in [7, 11) is 0. The second kappa shape index (κ2) is 8.76. The number of carbonyl (C=O) groups is 1. The molecule has 5 rings (SSSR count). The van der Waals surface area contributed by atoms with Gasteiger partial charge in [-0.1, -0.05) is 17.3 Å². The number of carbonyl (C=O) groups excluding carboxylic acids is 1. The van der Waals surface area contributed by atoms with Gasteiger partial charge in [-0.3, -0.25) is 9.69 Å². The van der Waals surface area contributed by atoms with Crippen LogP contribution in [-0.2, 0) is 17.8 Å². The molecule has 1 aliphatic rings. The molecular weight excluding hydrogens is 438 g/mol. The van der Waals surface area contributed by atoms with E-state index in [4.69, 9.17) is 4.52 Å². The molecule has 5 heterocycles. The molecule has 4 aromatic rings. The van der Waals surface area contributed by atoms with E-state index in [1.54, 1.807) is 34.0 Å². The summed E-state index contributed by atoms with van der Waals surface area (Å²) < 4.78 is 5.39. The number of aromatic nitrogens is 3. The Balaban J connectivity index is 1.12.